The molecule has 0 heterocycles. The largest absolute Gasteiger partial charge is 0.289 e. The summed E-state index contributed by atoms with van der Waals surface area (Å²) >= 11 is 0. The van der Waals surface area contributed by atoms with Crippen LogP contribution in [0.4, 0.5) is 0 Å². The first-order valence-corrected chi connectivity index (χ1v) is 5.60. The van der Waals surface area contributed by atoms with E-state index in [-0.39, 0.29) is 5.91 Å². The van der Waals surface area contributed by atoms with Gasteiger partial charge in [0.25, 0.3) is 0 Å². The lowest BCUT2D eigenvalue weighted by Gasteiger charge is -2.11. The van der Waals surface area contributed by atoms with Crippen molar-refractivity contribution < 1.29 is 4.79 Å². The lowest BCUT2D eigenvalue weighted by molar-refractivity contribution is -0.124. The molecule has 0 saturated heterocycles. The van der Waals surface area contributed by atoms with Crippen LogP contribution in [0.2, 0.25) is 0 Å². The Morgan fingerprint density at radius 1 is 1.38 bits per heavy atom. The molecule has 0 radical (unpaired) electrons. The summed E-state index contributed by atoms with van der Waals surface area (Å²) in [5.74, 6) is 0.0812. The van der Waals surface area contributed by atoms with Crippen molar-refractivity contribution in [1.29, 1.82) is 0 Å². The zero-order chi connectivity index (χ0) is 12.0. The van der Waals surface area contributed by atoms with Crippen LogP contribution in [0.1, 0.15) is 24.0 Å². The van der Waals surface area contributed by atoms with E-state index in [4.69, 9.17) is 0 Å². The van der Waals surface area contributed by atoms with Crippen LogP contribution in [0, 0.1) is 6.92 Å². The minimum atomic E-state index is 0.0812. The summed E-state index contributed by atoms with van der Waals surface area (Å²) in [5.41, 5.74) is 5.31. The highest BCUT2D eigenvalue weighted by Gasteiger charge is 2.02. The topological polar surface area (TPSA) is 32.3 Å². The number of amides is 1. The summed E-state index contributed by atoms with van der Waals surface area (Å²) in [6, 6.07) is 8.42. The predicted octanol–water partition coefficient (Wildman–Crippen LogP) is 1.91. The van der Waals surface area contributed by atoms with Crippen LogP contribution < -0.4 is 5.43 Å². The third-order valence-electron chi connectivity index (χ3n) is 2.30. The molecule has 1 aromatic rings. The molecule has 1 aromatic carbocycles. The van der Waals surface area contributed by atoms with Crippen molar-refractivity contribution in [3.63, 3.8) is 0 Å². The fraction of sp³-hybridized carbons (Fsp3) is 0.462. The van der Waals surface area contributed by atoms with Crippen molar-refractivity contribution in [3.05, 3.63) is 35.4 Å². The highest BCUT2D eigenvalue weighted by Crippen LogP contribution is 2.07. The molecule has 88 valence electrons. The average Bonchev–Trinajstić information content (AvgIpc) is 2.16. The van der Waals surface area contributed by atoms with E-state index in [1.165, 1.54) is 11.1 Å². The Labute approximate surface area is 97.4 Å². The summed E-state index contributed by atoms with van der Waals surface area (Å²) in [7, 11) is 3.64. The summed E-state index contributed by atoms with van der Waals surface area (Å²) in [6.07, 6.45) is 2.43. The van der Waals surface area contributed by atoms with Gasteiger partial charge in [-0.15, -0.1) is 0 Å². The van der Waals surface area contributed by atoms with Crippen molar-refractivity contribution in [2.45, 2.75) is 26.2 Å². The first-order chi connectivity index (χ1) is 7.58. The molecule has 0 saturated carbocycles. The predicted molar refractivity (Wildman–Crippen MR) is 65.9 cm³/mol. The molecule has 16 heavy (non-hydrogen) atoms. The summed E-state index contributed by atoms with van der Waals surface area (Å²) in [5, 5.41) is 1.68. The lowest BCUT2D eigenvalue weighted by Crippen LogP contribution is -2.35. The molecule has 0 aromatic heterocycles. The number of carbonyl (C=O) groups is 1. The fourth-order valence-electron chi connectivity index (χ4n) is 1.63. The second-order valence-corrected chi connectivity index (χ2v) is 4.27. The third-order valence-corrected chi connectivity index (χ3v) is 2.30. The zero-order valence-electron chi connectivity index (χ0n) is 10.3. The number of aryl methyl sites for hydroxylation is 2. The van der Waals surface area contributed by atoms with E-state index in [9.17, 15) is 4.79 Å². The molecule has 0 spiro atoms. The fourth-order valence-corrected chi connectivity index (χ4v) is 1.63. The first kappa shape index (κ1) is 12.7. The smallest absolute Gasteiger partial charge is 0.234 e. The van der Waals surface area contributed by atoms with Crippen molar-refractivity contribution in [2.24, 2.45) is 0 Å². The van der Waals surface area contributed by atoms with E-state index in [0.29, 0.717) is 6.42 Å². The van der Waals surface area contributed by atoms with Crippen LogP contribution in [-0.4, -0.2) is 25.0 Å². The summed E-state index contributed by atoms with van der Waals surface area (Å²) in [6.45, 7) is 2.09. The maximum absolute atomic E-state index is 11.4. The normalized spacial score (nSPS) is 10.5. The maximum atomic E-state index is 11.4. The van der Waals surface area contributed by atoms with Gasteiger partial charge >= 0.3 is 0 Å². The number of hydrogen-bond acceptors (Lipinski definition) is 2. The molecule has 0 unspecified atom stereocenters. The standard InChI is InChI=1S/C13H20N2O/c1-11-6-4-7-12(10-11)8-5-9-13(16)14-15(2)3/h4,6-7,10H,5,8-9H2,1-3H3,(H,14,16). The first-order valence-electron chi connectivity index (χ1n) is 5.60. The van der Waals surface area contributed by atoms with Gasteiger partial charge in [-0.1, -0.05) is 29.8 Å². The Hall–Kier alpha value is -1.35. The van der Waals surface area contributed by atoms with Crippen LogP contribution in [0.25, 0.3) is 0 Å². The molecular weight excluding hydrogens is 200 g/mol. The second-order valence-electron chi connectivity index (χ2n) is 4.27. The van der Waals surface area contributed by atoms with Crippen LogP contribution in [-0.2, 0) is 11.2 Å². The maximum Gasteiger partial charge on any atom is 0.234 e. The van der Waals surface area contributed by atoms with Crippen molar-refractivity contribution in [2.75, 3.05) is 14.1 Å². The number of nitrogens with zero attached hydrogens (tertiary/aromatic N) is 1. The van der Waals surface area contributed by atoms with Crippen molar-refractivity contribution in [3.8, 4) is 0 Å². The molecule has 3 heteroatoms. The minimum Gasteiger partial charge on any atom is -0.289 e. The number of rotatable bonds is 5. The summed E-state index contributed by atoms with van der Waals surface area (Å²) < 4.78 is 0. The zero-order valence-corrected chi connectivity index (χ0v) is 10.3. The Morgan fingerprint density at radius 3 is 2.75 bits per heavy atom. The van der Waals surface area contributed by atoms with Gasteiger partial charge in [0, 0.05) is 20.5 Å². The Bertz CT molecular complexity index is 348. The lowest BCUT2D eigenvalue weighted by atomic mass is 10.1. The SMILES string of the molecule is Cc1cccc(CCCC(=O)NN(C)C)c1. The minimum absolute atomic E-state index is 0.0812. The molecule has 1 rings (SSSR count). The molecule has 0 atom stereocenters. The number of nitrogens with one attached hydrogen (secondary N) is 1. The molecule has 0 bridgehead atoms. The van der Waals surface area contributed by atoms with Gasteiger partial charge in [0.2, 0.25) is 5.91 Å². The Kier molecular flexibility index (Phi) is 4.99. The Morgan fingerprint density at radius 2 is 2.12 bits per heavy atom. The molecule has 1 amide bonds. The van der Waals surface area contributed by atoms with Gasteiger partial charge in [-0.05, 0) is 25.3 Å². The van der Waals surface area contributed by atoms with Crippen molar-refractivity contribution in [1.82, 2.24) is 10.4 Å². The van der Waals surface area contributed by atoms with Crippen molar-refractivity contribution >= 4 is 5.91 Å². The molecule has 1 N–H and O–H groups in total. The van der Waals surface area contributed by atoms with Crippen LogP contribution >= 0.6 is 0 Å². The van der Waals surface area contributed by atoms with E-state index in [2.05, 4.69) is 36.6 Å². The number of hydrogen-bond donors (Lipinski definition) is 1. The quantitative estimate of drug-likeness (QED) is 0.769. The van der Waals surface area contributed by atoms with Gasteiger partial charge in [0.15, 0.2) is 0 Å². The molecular formula is C13H20N2O. The van der Waals surface area contributed by atoms with E-state index in [1.54, 1.807) is 5.01 Å². The van der Waals surface area contributed by atoms with Crippen LogP contribution in [0.5, 0.6) is 0 Å². The molecule has 0 aliphatic heterocycles. The third kappa shape index (κ3) is 4.94. The highest BCUT2D eigenvalue weighted by molar-refractivity contribution is 5.75. The van der Waals surface area contributed by atoms with Gasteiger partial charge in [-0.3, -0.25) is 10.2 Å². The number of benzene rings is 1. The van der Waals surface area contributed by atoms with Gasteiger partial charge in [0.05, 0.1) is 0 Å². The van der Waals surface area contributed by atoms with Crippen LogP contribution in [0.15, 0.2) is 24.3 Å². The van der Waals surface area contributed by atoms with Gasteiger partial charge in [-0.2, -0.15) is 0 Å². The highest BCUT2D eigenvalue weighted by atomic mass is 16.2. The van der Waals surface area contributed by atoms with E-state index in [1.807, 2.05) is 14.1 Å². The molecule has 3 nitrogen and oxygen atoms in total. The Balaban J connectivity index is 2.28. The molecule has 0 aliphatic rings. The second kappa shape index (κ2) is 6.28. The van der Waals surface area contributed by atoms with Gasteiger partial charge in [0.1, 0.15) is 0 Å². The van der Waals surface area contributed by atoms with Gasteiger partial charge < -0.3 is 0 Å². The monoisotopic (exact) mass is 220 g/mol. The average molecular weight is 220 g/mol. The van der Waals surface area contributed by atoms with E-state index in [0.717, 1.165) is 12.8 Å². The number of hydrazine groups is 1. The molecule has 0 fully saturated rings. The van der Waals surface area contributed by atoms with E-state index < -0.39 is 0 Å². The van der Waals surface area contributed by atoms with Crippen LogP contribution in [0.3, 0.4) is 0 Å². The summed E-state index contributed by atoms with van der Waals surface area (Å²) in [4.78, 5) is 11.4. The van der Waals surface area contributed by atoms with Gasteiger partial charge in [-0.25, -0.2) is 5.01 Å². The number of carbonyl (C=O) groups excluding carboxylic acids is 1. The molecule has 0 aliphatic carbocycles. The van der Waals surface area contributed by atoms with E-state index >= 15 is 0 Å².